The first-order chi connectivity index (χ1) is 23.5. The predicted octanol–water partition coefficient (Wildman–Crippen LogP) is -8.43. The Labute approximate surface area is 285 Å². The Balaban J connectivity index is 1.54. The number of carbonyl (C=O) groups excluding carboxylic acids is 2. The Hall–Kier alpha value is -1.78. The molecule has 22 heteroatoms. The van der Waals surface area contributed by atoms with Crippen molar-refractivity contribution in [2.45, 2.75) is 143 Å². The summed E-state index contributed by atoms with van der Waals surface area (Å²) in [5, 5.41) is 120. The van der Waals surface area contributed by atoms with E-state index in [1.165, 1.54) is 6.92 Å². The molecule has 2 amide bonds. The first kappa shape index (κ1) is 41.0. The maximum Gasteiger partial charge on any atom is 0.217 e. The Morgan fingerprint density at radius 2 is 0.980 bits per heavy atom. The highest BCUT2D eigenvalue weighted by Gasteiger charge is 2.55. The van der Waals surface area contributed by atoms with Crippen LogP contribution >= 0.6 is 0 Å². The summed E-state index contributed by atoms with van der Waals surface area (Å²) in [7, 11) is 0. The zero-order chi connectivity index (χ0) is 37.2. The van der Waals surface area contributed by atoms with Crippen LogP contribution in [0.1, 0.15) is 20.8 Å². The molecule has 0 aromatic carbocycles. The molecule has 50 heavy (non-hydrogen) atoms. The Morgan fingerprint density at radius 1 is 0.520 bits per heavy atom. The second-order valence-corrected chi connectivity index (χ2v) is 12.6. The fraction of sp³-hybridized carbons (Fsp3) is 0.929. The molecule has 4 aliphatic rings. The van der Waals surface area contributed by atoms with Crippen LogP contribution in [0.5, 0.6) is 0 Å². The fourth-order valence-electron chi connectivity index (χ4n) is 6.29. The van der Waals surface area contributed by atoms with E-state index in [-0.39, 0.29) is 0 Å². The summed E-state index contributed by atoms with van der Waals surface area (Å²) in [6, 6.07) is -2.97. The van der Waals surface area contributed by atoms with Gasteiger partial charge in [-0.3, -0.25) is 9.59 Å². The summed E-state index contributed by atoms with van der Waals surface area (Å²) in [5.74, 6) is -1.36. The van der Waals surface area contributed by atoms with Gasteiger partial charge in [-0.2, -0.15) is 0 Å². The summed E-state index contributed by atoms with van der Waals surface area (Å²) < 4.78 is 39.4. The average molecular weight is 733 g/mol. The molecule has 20 atom stereocenters. The van der Waals surface area contributed by atoms with E-state index in [2.05, 4.69) is 10.6 Å². The van der Waals surface area contributed by atoms with Gasteiger partial charge in [-0.25, -0.2) is 0 Å². The monoisotopic (exact) mass is 732 g/mol. The summed E-state index contributed by atoms with van der Waals surface area (Å²) in [5.41, 5.74) is 0. The Bertz CT molecular complexity index is 1120. The minimum Gasteiger partial charge on any atom is -0.394 e. The molecule has 22 nitrogen and oxygen atoms in total. The lowest BCUT2D eigenvalue weighted by Crippen LogP contribution is -2.70. The number of carbonyl (C=O) groups is 2. The zero-order valence-corrected chi connectivity index (χ0v) is 27.3. The molecule has 290 valence electrons. The van der Waals surface area contributed by atoms with Crippen molar-refractivity contribution in [3.05, 3.63) is 0 Å². The zero-order valence-electron chi connectivity index (χ0n) is 27.3. The standard InChI is InChI=1S/C28H48N2O20/c1-7-15(36)24(50-27-20(41)19(40)16(37)10(4-31)46-27)21(42)28(44-7)49-23-12(6-33)47-26(14(18(23)39)30-9(3)35)48-22-11(5-32)45-25(43)13(17(22)38)29-8(2)34/h7,10-28,31-33,36-43H,4-6H2,1-3H3,(H,29,34)(H,30,35)/t7-,10+,11+,12+,13-,14+,15+,16-,17+,18+,19-,20+,21-,22+,23+,24+,25?,26-,27-,28-/m0/s1. The molecule has 0 bridgehead atoms. The maximum absolute atomic E-state index is 12.2. The van der Waals surface area contributed by atoms with Crippen molar-refractivity contribution in [1.82, 2.24) is 10.6 Å². The van der Waals surface area contributed by atoms with E-state index in [0.29, 0.717) is 0 Å². The smallest absolute Gasteiger partial charge is 0.217 e. The van der Waals surface area contributed by atoms with Gasteiger partial charge in [0.25, 0.3) is 0 Å². The summed E-state index contributed by atoms with van der Waals surface area (Å²) in [6.45, 7) is 1.12. The topological polar surface area (TPSA) is 345 Å². The van der Waals surface area contributed by atoms with E-state index in [9.17, 15) is 65.8 Å². The highest BCUT2D eigenvalue weighted by Crippen LogP contribution is 2.34. The molecule has 4 heterocycles. The van der Waals surface area contributed by atoms with E-state index in [0.717, 1.165) is 13.8 Å². The molecule has 0 aromatic rings. The third-order valence-corrected chi connectivity index (χ3v) is 8.97. The van der Waals surface area contributed by atoms with Crippen LogP contribution in [0, 0.1) is 0 Å². The number of nitrogens with one attached hydrogen (secondary N) is 2. The minimum absolute atomic E-state index is 0.645. The van der Waals surface area contributed by atoms with Crippen LogP contribution in [0.25, 0.3) is 0 Å². The molecule has 4 aliphatic heterocycles. The number of ether oxygens (including phenoxy) is 7. The minimum atomic E-state index is -1.93. The molecule has 4 rings (SSSR count). The number of aliphatic hydroxyl groups excluding tert-OH is 11. The van der Waals surface area contributed by atoms with Gasteiger partial charge in [0, 0.05) is 13.8 Å². The first-order valence-corrected chi connectivity index (χ1v) is 15.9. The van der Waals surface area contributed by atoms with Gasteiger partial charge in [-0.1, -0.05) is 0 Å². The summed E-state index contributed by atoms with van der Waals surface area (Å²) in [6.07, 6.45) is -29.8. The van der Waals surface area contributed by atoms with Crippen LogP contribution in [0.3, 0.4) is 0 Å². The predicted molar refractivity (Wildman–Crippen MR) is 156 cm³/mol. The van der Waals surface area contributed by atoms with Gasteiger partial charge in [0.2, 0.25) is 11.8 Å². The molecule has 4 fully saturated rings. The van der Waals surface area contributed by atoms with E-state index >= 15 is 0 Å². The van der Waals surface area contributed by atoms with Gasteiger partial charge in [-0.15, -0.1) is 0 Å². The van der Waals surface area contributed by atoms with Crippen molar-refractivity contribution < 1.29 is 98.9 Å². The van der Waals surface area contributed by atoms with Gasteiger partial charge in [0.15, 0.2) is 25.2 Å². The summed E-state index contributed by atoms with van der Waals surface area (Å²) >= 11 is 0. The highest BCUT2D eigenvalue weighted by atomic mass is 16.8. The van der Waals surface area contributed by atoms with Crippen LogP contribution in [0.4, 0.5) is 0 Å². The van der Waals surface area contributed by atoms with E-state index < -0.39 is 154 Å². The molecule has 13 N–H and O–H groups in total. The molecule has 4 saturated heterocycles. The molecule has 0 radical (unpaired) electrons. The third kappa shape index (κ3) is 8.70. The van der Waals surface area contributed by atoms with Crippen LogP contribution < -0.4 is 10.6 Å². The Kier molecular flexibility index (Phi) is 14.2. The van der Waals surface area contributed by atoms with Crippen molar-refractivity contribution >= 4 is 11.8 Å². The van der Waals surface area contributed by atoms with Crippen molar-refractivity contribution in [1.29, 1.82) is 0 Å². The molecule has 0 spiro atoms. The lowest BCUT2D eigenvalue weighted by molar-refractivity contribution is -0.377. The van der Waals surface area contributed by atoms with Crippen molar-refractivity contribution in [3.63, 3.8) is 0 Å². The van der Waals surface area contributed by atoms with Crippen molar-refractivity contribution in [3.8, 4) is 0 Å². The summed E-state index contributed by atoms with van der Waals surface area (Å²) in [4.78, 5) is 23.9. The highest BCUT2D eigenvalue weighted by molar-refractivity contribution is 5.73. The lowest BCUT2D eigenvalue weighted by atomic mass is 9.94. The van der Waals surface area contributed by atoms with Crippen molar-refractivity contribution in [2.75, 3.05) is 19.8 Å². The van der Waals surface area contributed by atoms with E-state index in [1.807, 2.05) is 0 Å². The average Bonchev–Trinajstić information content (AvgIpc) is 3.06. The lowest BCUT2D eigenvalue weighted by Gasteiger charge is -2.50. The third-order valence-electron chi connectivity index (χ3n) is 8.97. The molecular weight excluding hydrogens is 684 g/mol. The van der Waals surface area contributed by atoms with Crippen molar-refractivity contribution in [2.24, 2.45) is 0 Å². The molecular formula is C28H48N2O20. The molecule has 0 aliphatic carbocycles. The SMILES string of the molecule is CC(=O)N[C@H]1[C@H](O[C@H]2[C@H](O)[C@H](NC(C)=O)C(O)O[C@@H]2CO)O[C@H](CO)[C@@H](O[C@@H]2O[C@@H](C)[C@@H](O)[C@@H](O[C@@H]3O[C@H](CO)[C@H](O)[C@H](O)[C@H]3O)[C@@H]2O)[C@@H]1O. The van der Waals surface area contributed by atoms with E-state index in [4.69, 9.17) is 33.2 Å². The van der Waals surface area contributed by atoms with Gasteiger partial charge >= 0.3 is 0 Å². The molecule has 1 unspecified atom stereocenters. The number of hydrogen-bond acceptors (Lipinski definition) is 20. The molecule has 0 saturated carbocycles. The van der Waals surface area contributed by atoms with E-state index in [1.54, 1.807) is 0 Å². The second-order valence-electron chi connectivity index (χ2n) is 12.6. The van der Waals surface area contributed by atoms with Gasteiger partial charge in [0.05, 0.1) is 25.9 Å². The second kappa shape index (κ2) is 17.4. The number of rotatable bonds is 11. The normalized spacial score (nSPS) is 48.5. The largest absolute Gasteiger partial charge is 0.394 e. The van der Waals surface area contributed by atoms with Gasteiger partial charge in [-0.05, 0) is 6.92 Å². The quantitative estimate of drug-likeness (QED) is 0.0938. The van der Waals surface area contributed by atoms with Gasteiger partial charge < -0.3 is 100.0 Å². The number of aliphatic hydroxyl groups is 11. The first-order valence-electron chi connectivity index (χ1n) is 15.9. The van der Waals surface area contributed by atoms with Crippen LogP contribution in [-0.2, 0) is 42.7 Å². The van der Waals surface area contributed by atoms with Crippen LogP contribution in [0.2, 0.25) is 0 Å². The van der Waals surface area contributed by atoms with Crippen LogP contribution in [0.15, 0.2) is 0 Å². The van der Waals surface area contributed by atoms with Crippen LogP contribution in [-0.4, -0.2) is 211 Å². The Morgan fingerprint density at radius 3 is 1.54 bits per heavy atom. The fourth-order valence-corrected chi connectivity index (χ4v) is 6.29. The molecule has 0 aromatic heterocycles. The maximum atomic E-state index is 12.2. The number of hydrogen-bond donors (Lipinski definition) is 13. The number of amides is 2. The van der Waals surface area contributed by atoms with Gasteiger partial charge in [0.1, 0.15) is 91.4 Å².